The first-order valence-corrected chi connectivity index (χ1v) is 5.43. The molecule has 0 aromatic heterocycles. The van der Waals surface area contributed by atoms with Crippen molar-refractivity contribution in [3.63, 3.8) is 0 Å². The van der Waals surface area contributed by atoms with E-state index in [1.54, 1.807) is 6.92 Å². The smallest absolute Gasteiger partial charge is 0.220 e. The van der Waals surface area contributed by atoms with Crippen LogP contribution in [0.5, 0.6) is 0 Å². The molecule has 0 saturated carbocycles. The third-order valence-corrected chi connectivity index (χ3v) is 2.04. The van der Waals surface area contributed by atoms with Crippen molar-refractivity contribution < 1.29 is 9.59 Å². The number of nitrogens with one attached hydrogen (secondary N) is 1. The SMILES string of the molecule is CC(=O)CCCC(=O)NCCCN(C)C. The highest BCUT2D eigenvalue weighted by molar-refractivity contribution is 5.78. The van der Waals surface area contributed by atoms with Crippen molar-refractivity contribution in [2.45, 2.75) is 32.6 Å². The molecule has 0 bridgehead atoms. The Hall–Kier alpha value is -0.900. The molecule has 0 saturated heterocycles. The zero-order chi connectivity index (χ0) is 11.7. The molecule has 0 fully saturated rings. The minimum atomic E-state index is 0.0509. The van der Waals surface area contributed by atoms with Gasteiger partial charge in [-0.15, -0.1) is 0 Å². The fraction of sp³-hybridized carbons (Fsp3) is 0.818. The molecule has 0 aliphatic carbocycles. The molecule has 0 aromatic carbocycles. The van der Waals surface area contributed by atoms with Gasteiger partial charge in [-0.05, 0) is 40.4 Å². The Bertz CT molecular complexity index is 203. The molecule has 1 amide bonds. The average Bonchev–Trinajstić information content (AvgIpc) is 2.11. The van der Waals surface area contributed by atoms with E-state index in [1.165, 1.54) is 0 Å². The topological polar surface area (TPSA) is 49.4 Å². The lowest BCUT2D eigenvalue weighted by atomic mass is 10.2. The third kappa shape index (κ3) is 11.0. The molecular weight excluding hydrogens is 192 g/mol. The highest BCUT2D eigenvalue weighted by Gasteiger charge is 2.01. The largest absolute Gasteiger partial charge is 0.356 e. The van der Waals surface area contributed by atoms with Crippen LogP contribution in [0, 0.1) is 0 Å². The molecule has 88 valence electrons. The van der Waals surface area contributed by atoms with E-state index in [4.69, 9.17) is 0 Å². The van der Waals surface area contributed by atoms with E-state index in [-0.39, 0.29) is 11.7 Å². The van der Waals surface area contributed by atoms with Gasteiger partial charge in [-0.3, -0.25) is 4.79 Å². The monoisotopic (exact) mass is 214 g/mol. The van der Waals surface area contributed by atoms with Crippen molar-refractivity contribution in [2.75, 3.05) is 27.2 Å². The molecule has 0 atom stereocenters. The number of hydrogen-bond donors (Lipinski definition) is 1. The molecule has 0 aromatic rings. The Morgan fingerprint density at radius 3 is 2.33 bits per heavy atom. The number of Topliss-reactive ketones (excluding diaryl/α,β-unsaturated/α-hetero) is 1. The summed E-state index contributed by atoms with van der Waals surface area (Å²) in [6, 6.07) is 0. The second kappa shape index (κ2) is 8.41. The maximum Gasteiger partial charge on any atom is 0.220 e. The summed E-state index contributed by atoms with van der Waals surface area (Å²) in [5.74, 6) is 0.199. The molecule has 0 rings (SSSR count). The lowest BCUT2D eigenvalue weighted by Crippen LogP contribution is -2.26. The number of carbonyl (C=O) groups is 2. The van der Waals surface area contributed by atoms with Gasteiger partial charge in [0.25, 0.3) is 0 Å². The van der Waals surface area contributed by atoms with Crippen molar-refractivity contribution in [1.29, 1.82) is 0 Å². The van der Waals surface area contributed by atoms with Crippen LogP contribution in [0.4, 0.5) is 0 Å². The van der Waals surface area contributed by atoms with Gasteiger partial charge in [0.1, 0.15) is 5.78 Å². The van der Waals surface area contributed by atoms with E-state index in [9.17, 15) is 9.59 Å². The Morgan fingerprint density at radius 2 is 1.80 bits per heavy atom. The molecule has 0 aliphatic rings. The minimum absolute atomic E-state index is 0.0509. The first-order valence-electron chi connectivity index (χ1n) is 5.43. The van der Waals surface area contributed by atoms with Crippen molar-refractivity contribution >= 4 is 11.7 Å². The lowest BCUT2D eigenvalue weighted by Gasteiger charge is -2.09. The molecule has 0 spiro atoms. The van der Waals surface area contributed by atoms with Crippen LogP contribution in [0.3, 0.4) is 0 Å². The highest BCUT2D eigenvalue weighted by Crippen LogP contribution is 1.95. The number of hydrogen-bond acceptors (Lipinski definition) is 3. The molecule has 0 unspecified atom stereocenters. The summed E-state index contributed by atoms with van der Waals surface area (Å²) in [5.41, 5.74) is 0. The maximum atomic E-state index is 11.2. The van der Waals surface area contributed by atoms with Gasteiger partial charge in [0, 0.05) is 19.4 Å². The van der Waals surface area contributed by atoms with Crippen LogP contribution >= 0.6 is 0 Å². The van der Waals surface area contributed by atoms with E-state index in [0.29, 0.717) is 19.3 Å². The summed E-state index contributed by atoms with van der Waals surface area (Å²) < 4.78 is 0. The molecule has 1 N–H and O–H groups in total. The fourth-order valence-electron chi connectivity index (χ4n) is 1.21. The van der Waals surface area contributed by atoms with Crippen molar-refractivity contribution in [3.8, 4) is 0 Å². The Labute approximate surface area is 92.0 Å². The number of nitrogens with zero attached hydrogens (tertiary/aromatic N) is 1. The summed E-state index contributed by atoms with van der Waals surface area (Å²) in [5, 5.41) is 2.83. The molecule has 4 heteroatoms. The Balaban J connectivity index is 3.30. The minimum Gasteiger partial charge on any atom is -0.356 e. The van der Waals surface area contributed by atoms with E-state index >= 15 is 0 Å². The van der Waals surface area contributed by atoms with Gasteiger partial charge in [-0.1, -0.05) is 0 Å². The van der Waals surface area contributed by atoms with E-state index in [2.05, 4.69) is 10.2 Å². The first kappa shape index (κ1) is 14.1. The summed E-state index contributed by atoms with van der Waals surface area (Å²) in [7, 11) is 4.02. The predicted octanol–water partition coefficient (Wildman–Crippen LogP) is 0.814. The highest BCUT2D eigenvalue weighted by atomic mass is 16.1. The van der Waals surface area contributed by atoms with E-state index in [1.807, 2.05) is 14.1 Å². The second-order valence-corrected chi connectivity index (χ2v) is 4.06. The number of ketones is 1. The quantitative estimate of drug-likeness (QED) is 0.608. The van der Waals surface area contributed by atoms with Gasteiger partial charge in [-0.25, -0.2) is 0 Å². The summed E-state index contributed by atoms with van der Waals surface area (Å²) in [4.78, 5) is 23.9. The van der Waals surface area contributed by atoms with Crippen molar-refractivity contribution in [3.05, 3.63) is 0 Å². The molecule has 4 nitrogen and oxygen atoms in total. The zero-order valence-electron chi connectivity index (χ0n) is 10.0. The molecule has 15 heavy (non-hydrogen) atoms. The first-order chi connectivity index (χ1) is 7.02. The standard InChI is InChI=1S/C11H22N2O2/c1-10(14)6-4-7-11(15)12-8-5-9-13(2)3/h4-9H2,1-3H3,(H,12,15). The second-order valence-electron chi connectivity index (χ2n) is 4.06. The number of amides is 1. The van der Waals surface area contributed by atoms with Crippen LogP contribution < -0.4 is 5.32 Å². The Morgan fingerprint density at radius 1 is 1.13 bits per heavy atom. The van der Waals surface area contributed by atoms with Gasteiger partial charge in [-0.2, -0.15) is 0 Å². The normalized spacial score (nSPS) is 10.4. The third-order valence-electron chi connectivity index (χ3n) is 2.04. The number of rotatable bonds is 8. The van der Waals surface area contributed by atoms with Gasteiger partial charge in [0.15, 0.2) is 0 Å². The van der Waals surface area contributed by atoms with Gasteiger partial charge in [0.05, 0.1) is 0 Å². The van der Waals surface area contributed by atoms with Gasteiger partial charge in [0.2, 0.25) is 5.91 Å². The summed E-state index contributed by atoms with van der Waals surface area (Å²) in [6.45, 7) is 3.25. The van der Waals surface area contributed by atoms with Crippen molar-refractivity contribution in [1.82, 2.24) is 10.2 Å². The lowest BCUT2D eigenvalue weighted by molar-refractivity contribution is -0.121. The van der Waals surface area contributed by atoms with E-state index in [0.717, 1.165) is 19.5 Å². The molecule has 0 heterocycles. The fourth-order valence-corrected chi connectivity index (χ4v) is 1.21. The molecular formula is C11H22N2O2. The average molecular weight is 214 g/mol. The molecule has 0 aliphatic heterocycles. The van der Waals surface area contributed by atoms with Crippen LogP contribution in [0.2, 0.25) is 0 Å². The van der Waals surface area contributed by atoms with Crippen LogP contribution in [0.25, 0.3) is 0 Å². The predicted molar refractivity (Wildman–Crippen MR) is 60.7 cm³/mol. The van der Waals surface area contributed by atoms with Crippen molar-refractivity contribution in [2.24, 2.45) is 0 Å². The van der Waals surface area contributed by atoms with E-state index < -0.39 is 0 Å². The van der Waals surface area contributed by atoms with Crippen LogP contribution in [-0.4, -0.2) is 43.8 Å². The van der Waals surface area contributed by atoms with Gasteiger partial charge >= 0.3 is 0 Å². The zero-order valence-corrected chi connectivity index (χ0v) is 10.0. The summed E-state index contributed by atoms with van der Waals surface area (Å²) >= 11 is 0. The van der Waals surface area contributed by atoms with Crippen LogP contribution in [0.15, 0.2) is 0 Å². The molecule has 0 radical (unpaired) electrons. The number of carbonyl (C=O) groups excluding carboxylic acids is 2. The summed E-state index contributed by atoms with van der Waals surface area (Å²) in [6.07, 6.45) is 2.59. The van der Waals surface area contributed by atoms with Gasteiger partial charge < -0.3 is 15.0 Å². The van der Waals surface area contributed by atoms with Crippen LogP contribution in [-0.2, 0) is 9.59 Å². The Kier molecular flexibility index (Phi) is 7.91. The van der Waals surface area contributed by atoms with Crippen LogP contribution in [0.1, 0.15) is 32.6 Å². The maximum absolute atomic E-state index is 11.2.